The van der Waals surface area contributed by atoms with Crippen molar-refractivity contribution in [1.29, 1.82) is 0 Å². The lowest BCUT2D eigenvalue weighted by Crippen LogP contribution is -2.10. The second-order valence-corrected chi connectivity index (χ2v) is 4.87. The molecule has 0 heterocycles. The van der Waals surface area contributed by atoms with Crippen LogP contribution in [0.25, 0.3) is 0 Å². The number of rotatable bonds is 5. The maximum atomic E-state index is 9.82. The zero-order valence-electron chi connectivity index (χ0n) is 12.1. The lowest BCUT2D eigenvalue weighted by Gasteiger charge is -2.21. The smallest absolute Gasteiger partial charge is 0.124 e. The van der Waals surface area contributed by atoms with Crippen molar-refractivity contribution in [1.82, 2.24) is 0 Å². The fourth-order valence-corrected chi connectivity index (χ4v) is 2.33. The van der Waals surface area contributed by atoms with Gasteiger partial charge < -0.3 is 15.2 Å². The summed E-state index contributed by atoms with van der Waals surface area (Å²) >= 11 is 0. The maximum Gasteiger partial charge on any atom is 0.124 e. The first-order chi connectivity index (χ1) is 9.63. The largest absolute Gasteiger partial charge is 0.496 e. The molecule has 0 fully saturated rings. The van der Waals surface area contributed by atoms with Gasteiger partial charge in [-0.2, -0.15) is 0 Å². The van der Waals surface area contributed by atoms with Crippen molar-refractivity contribution in [3.05, 3.63) is 59.7 Å². The Balaban J connectivity index is 2.26. The topological polar surface area (TPSA) is 41.5 Å². The fourth-order valence-electron chi connectivity index (χ4n) is 2.33. The normalized spacial score (nSPS) is 13.6. The van der Waals surface area contributed by atoms with Crippen molar-refractivity contribution in [3.63, 3.8) is 0 Å². The van der Waals surface area contributed by atoms with Crippen molar-refractivity contribution in [2.24, 2.45) is 0 Å². The average molecular weight is 271 g/mol. The number of nitrogens with one attached hydrogen (secondary N) is 1. The van der Waals surface area contributed by atoms with E-state index in [2.05, 4.69) is 12.2 Å². The van der Waals surface area contributed by atoms with Gasteiger partial charge in [-0.1, -0.05) is 36.4 Å². The second kappa shape index (κ2) is 6.44. The average Bonchev–Trinajstić information content (AvgIpc) is 2.47. The molecule has 0 bridgehead atoms. The quantitative estimate of drug-likeness (QED) is 0.866. The van der Waals surface area contributed by atoms with Gasteiger partial charge in [-0.3, -0.25) is 0 Å². The number of anilines is 1. The van der Waals surface area contributed by atoms with Crippen LogP contribution < -0.4 is 10.1 Å². The summed E-state index contributed by atoms with van der Waals surface area (Å²) in [5.74, 6) is 0.863. The molecular formula is C17H21NO2. The molecule has 2 rings (SSSR count). The monoisotopic (exact) mass is 271 g/mol. The van der Waals surface area contributed by atoms with Gasteiger partial charge in [0, 0.05) is 16.8 Å². The van der Waals surface area contributed by atoms with Crippen molar-refractivity contribution in [2.75, 3.05) is 12.4 Å². The lowest BCUT2D eigenvalue weighted by molar-refractivity contribution is 0.200. The van der Waals surface area contributed by atoms with Crippen LogP contribution in [0.2, 0.25) is 0 Å². The van der Waals surface area contributed by atoms with Gasteiger partial charge in [0.05, 0.1) is 19.3 Å². The summed E-state index contributed by atoms with van der Waals surface area (Å²) in [6.45, 7) is 3.85. The van der Waals surface area contributed by atoms with Gasteiger partial charge in [0.2, 0.25) is 0 Å². The van der Waals surface area contributed by atoms with Crippen molar-refractivity contribution >= 4 is 5.69 Å². The van der Waals surface area contributed by atoms with Gasteiger partial charge in [0.15, 0.2) is 0 Å². The Labute approximate surface area is 120 Å². The third-order valence-electron chi connectivity index (χ3n) is 3.39. The zero-order chi connectivity index (χ0) is 14.5. The van der Waals surface area contributed by atoms with Crippen molar-refractivity contribution in [3.8, 4) is 5.75 Å². The van der Waals surface area contributed by atoms with E-state index in [1.165, 1.54) is 0 Å². The first kappa shape index (κ1) is 14.4. The molecule has 0 spiro atoms. The number of hydrogen-bond acceptors (Lipinski definition) is 3. The molecule has 2 aromatic carbocycles. The van der Waals surface area contributed by atoms with Crippen LogP contribution in [-0.4, -0.2) is 12.2 Å². The molecule has 0 aliphatic rings. The van der Waals surface area contributed by atoms with Gasteiger partial charge in [-0.25, -0.2) is 0 Å². The molecule has 2 aromatic rings. The van der Waals surface area contributed by atoms with E-state index in [4.69, 9.17) is 4.74 Å². The molecule has 20 heavy (non-hydrogen) atoms. The Kier molecular flexibility index (Phi) is 4.64. The number of aliphatic hydroxyl groups is 1. The van der Waals surface area contributed by atoms with E-state index in [9.17, 15) is 5.11 Å². The molecule has 0 saturated heterocycles. The van der Waals surface area contributed by atoms with Gasteiger partial charge >= 0.3 is 0 Å². The molecule has 0 aliphatic heterocycles. The van der Waals surface area contributed by atoms with Gasteiger partial charge in [0.25, 0.3) is 0 Å². The number of methoxy groups -OCH3 is 1. The van der Waals surface area contributed by atoms with Crippen LogP contribution in [0.1, 0.15) is 37.1 Å². The minimum absolute atomic E-state index is 0.0889. The number of benzene rings is 2. The predicted octanol–water partition coefficient (Wildman–Crippen LogP) is 3.92. The summed E-state index contributed by atoms with van der Waals surface area (Å²) in [4.78, 5) is 0. The molecule has 2 N–H and O–H groups in total. The van der Waals surface area contributed by atoms with E-state index in [1.807, 2.05) is 48.5 Å². The Morgan fingerprint density at radius 3 is 2.20 bits per heavy atom. The minimum Gasteiger partial charge on any atom is -0.496 e. The summed E-state index contributed by atoms with van der Waals surface area (Å²) in [6, 6.07) is 15.8. The molecule has 0 aliphatic carbocycles. The predicted molar refractivity (Wildman–Crippen MR) is 82.1 cm³/mol. The molecule has 106 valence electrons. The van der Waals surface area contributed by atoms with E-state index in [0.717, 1.165) is 22.6 Å². The molecule has 3 nitrogen and oxygen atoms in total. The second-order valence-electron chi connectivity index (χ2n) is 4.87. The Bertz CT molecular complexity index is 566. The Morgan fingerprint density at radius 2 is 1.55 bits per heavy atom. The first-order valence-corrected chi connectivity index (χ1v) is 6.80. The van der Waals surface area contributed by atoms with Crippen LogP contribution in [0.15, 0.2) is 48.5 Å². The van der Waals surface area contributed by atoms with Crippen molar-refractivity contribution < 1.29 is 9.84 Å². The van der Waals surface area contributed by atoms with Crippen LogP contribution in [0.4, 0.5) is 5.69 Å². The summed E-state index contributed by atoms with van der Waals surface area (Å²) < 4.78 is 5.39. The number of ether oxygens (including phenoxy) is 1. The highest BCUT2D eigenvalue weighted by molar-refractivity contribution is 5.54. The highest BCUT2D eigenvalue weighted by atomic mass is 16.5. The minimum atomic E-state index is -0.497. The summed E-state index contributed by atoms with van der Waals surface area (Å²) in [5, 5.41) is 13.3. The molecule has 2 unspecified atom stereocenters. The molecule has 0 saturated carbocycles. The number of aliphatic hydroxyl groups excluding tert-OH is 1. The van der Waals surface area contributed by atoms with E-state index >= 15 is 0 Å². The first-order valence-electron chi connectivity index (χ1n) is 6.80. The van der Waals surface area contributed by atoms with Gasteiger partial charge in [0.1, 0.15) is 5.75 Å². The highest BCUT2D eigenvalue weighted by Crippen LogP contribution is 2.30. The van der Waals surface area contributed by atoms with E-state index in [0.29, 0.717) is 0 Å². The molecule has 0 aromatic heterocycles. The van der Waals surface area contributed by atoms with Crippen LogP contribution in [-0.2, 0) is 0 Å². The summed E-state index contributed by atoms with van der Waals surface area (Å²) in [7, 11) is 1.68. The zero-order valence-corrected chi connectivity index (χ0v) is 12.1. The Hall–Kier alpha value is -2.00. The van der Waals surface area contributed by atoms with Crippen LogP contribution >= 0.6 is 0 Å². The number of para-hydroxylation sites is 2. The van der Waals surface area contributed by atoms with E-state index < -0.39 is 6.10 Å². The standard InChI is InChI=1S/C17H21NO2/c1-12(14-8-5-7-11-17(14)20-3)18-16-10-6-4-9-15(16)13(2)19/h4-13,18-19H,1-3H3. The van der Waals surface area contributed by atoms with Crippen LogP contribution in [0, 0.1) is 0 Å². The molecule has 3 heteroatoms. The Morgan fingerprint density at radius 1 is 0.950 bits per heavy atom. The van der Waals surface area contributed by atoms with Crippen LogP contribution in [0.5, 0.6) is 5.75 Å². The van der Waals surface area contributed by atoms with Crippen molar-refractivity contribution in [2.45, 2.75) is 26.0 Å². The highest BCUT2D eigenvalue weighted by Gasteiger charge is 2.13. The lowest BCUT2D eigenvalue weighted by atomic mass is 10.0. The summed E-state index contributed by atoms with van der Waals surface area (Å²) in [6.07, 6.45) is -0.497. The molecule has 0 amide bonds. The van der Waals surface area contributed by atoms with Crippen LogP contribution in [0.3, 0.4) is 0 Å². The third kappa shape index (κ3) is 3.11. The fraction of sp³-hybridized carbons (Fsp3) is 0.294. The molecule has 2 atom stereocenters. The van der Waals surface area contributed by atoms with Gasteiger partial charge in [-0.05, 0) is 26.0 Å². The number of hydrogen-bond donors (Lipinski definition) is 2. The van der Waals surface area contributed by atoms with Gasteiger partial charge in [-0.15, -0.1) is 0 Å². The third-order valence-corrected chi connectivity index (χ3v) is 3.39. The summed E-state index contributed by atoms with van der Waals surface area (Å²) in [5.41, 5.74) is 2.94. The molecule has 0 radical (unpaired) electrons. The maximum absolute atomic E-state index is 9.82. The molecular weight excluding hydrogens is 250 g/mol. The SMILES string of the molecule is COc1ccccc1C(C)Nc1ccccc1C(C)O. The van der Waals surface area contributed by atoms with E-state index in [1.54, 1.807) is 14.0 Å². The van der Waals surface area contributed by atoms with E-state index in [-0.39, 0.29) is 6.04 Å².